The zero-order chi connectivity index (χ0) is 10.3. The van der Waals surface area contributed by atoms with Crippen molar-refractivity contribution in [1.82, 2.24) is 5.32 Å². The lowest BCUT2D eigenvalue weighted by Gasteiger charge is -2.14. The monoisotopic (exact) mass is 199 g/mol. The van der Waals surface area contributed by atoms with Crippen molar-refractivity contribution in [3.8, 4) is 0 Å². The van der Waals surface area contributed by atoms with Crippen molar-refractivity contribution in [1.29, 1.82) is 0 Å². The highest BCUT2D eigenvalue weighted by Gasteiger charge is 2.40. The molecule has 0 aromatic rings. The van der Waals surface area contributed by atoms with E-state index in [2.05, 4.69) is 12.2 Å². The molecule has 0 bridgehead atoms. The Morgan fingerprint density at radius 1 is 1.21 bits per heavy atom. The lowest BCUT2D eigenvalue weighted by atomic mass is 10.0. The van der Waals surface area contributed by atoms with E-state index in [1.54, 1.807) is 0 Å². The maximum atomic E-state index is 8.61. The maximum Gasteiger partial charge on any atom is 0.0431 e. The van der Waals surface area contributed by atoms with Crippen molar-refractivity contribution in [2.24, 2.45) is 5.41 Å². The van der Waals surface area contributed by atoms with Crippen LogP contribution in [0, 0.1) is 5.41 Å². The molecule has 0 radical (unpaired) electrons. The number of hydrogen-bond donors (Lipinski definition) is 2. The first-order valence-corrected chi connectivity index (χ1v) is 6.14. The van der Waals surface area contributed by atoms with Crippen LogP contribution in [0.5, 0.6) is 0 Å². The van der Waals surface area contributed by atoms with E-state index in [1.165, 1.54) is 38.6 Å². The molecule has 1 fully saturated rings. The van der Waals surface area contributed by atoms with Crippen LogP contribution < -0.4 is 5.32 Å². The van der Waals surface area contributed by atoms with Crippen LogP contribution in [0.3, 0.4) is 0 Å². The summed E-state index contributed by atoms with van der Waals surface area (Å²) in [5.74, 6) is 0. The second-order valence-corrected chi connectivity index (χ2v) is 4.71. The standard InChI is InChI=1S/C12H25NO/c1-2-6-12(7-8-12)11-13-9-4-3-5-10-14/h13-14H,2-11H2,1H3. The molecule has 0 aromatic carbocycles. The van der Waals surface area contributed by atoms with Crippen molar-refractivity contribution in [2.45, 2.75) is 51.9 Å². The predicted molar refractivity (Wildman–Crippen MR) is 60.4 cm³/mol. The Balaban J connectivity index is 1.88. The van der Waals surface area contributed by atoms with Gasteiger partial charge in [-0.1, -0.05) is 13.3 Å². The molecule has 0 aromatic heterocycles. The molecule has 14 heavy (non-hydrogen) atoms. The number of unbranched alkanes of at least 4 members (excludes halogenated alkanes) is 2. The van der Waals surface area contributed by atoms with Crippen LogP contribution in [-0.4, -0.2) is 24.8 Å². The van der Waals surface area contributed by atoms with Crippen molar-refractivity contribution < 1.29 is 5.11 Å². The third-order valence-corrected chi connectivity index (χ3v) is 3.25. The molecule has 0 heterocycles. The summed E-state index contributed by atoms with van der Waals surface area (Å²) in [6.45, 7) is 4.98. The Bertz CT molecular complexity index is 143. The summed E-state index contributed by atoms with van der Waals surface area (Å²) >= 11 is 0. The van der Waals surface area contributed by atoms with E-state index in [9.17, 15) is 0 Å². The molecule has 0 unspecified atom stereocenters. The van der Waals surface area contributed by atoms with E-state index >= 15 is 0 Å². The second kappa shape index (κ2) is 6.41. The number of hydrogen-bond acceptors (Lipinski definition) is 2. The normalized spacial score (nSPS) is 18.4. The van der Waals surface area contributed by atoms with Crippen LogP contribution in [0.1, 0.15) is 51.9 Å². The summed E-state index contributed by atoms with van der Waals surface area (Å²) < 4.78 is 0. The summed E-state index contributed by atoms with van der Waals surface area (Å²) in [7, 11) is 0. The molecule has 2 heteroatoms. The van der Waals surface area contributed by atoms with E-state index in [-0.39, 0.29) is 0 Å². The van der Waals surface area contributed by atoms with Crippen LogP contribution in [0.15, 0.2) is 0 Å². The quantitative estimate of drug-likeness (QED) is 0.559. The Hall–Kier alpha value is -0.0800. The van der Waals surface area contributed by atoms with Gasteiger partial charge < -0.3 is 10.4 Å². The van der Waals surface area contributed by atoms with Gasteiger partial charge in [-0.05, 0) is 50.5 Å². The van der Waals surface area contributed by atoms with Gasteiger partial charge in [0.25, 0.3) is 0 Å². The second-order valence-electron chi connectivity index (χ2n) is 4.71. The van der Waals surface area contributed by atoms with Crippen LogP contribution in [-0.2, 0) is 0 Å². The molecule has 0 spiro atoms. The first kappa shape index (κ1) is 12.0. The zero-order valence-electron chi connectivity index (χ0n) is 9.52. The van der Waals surface area contributed by atoms with Crippen LogP contribution in [0.25, 0.3) is 0 Å². The van der Waals surface area contributed by atoms with Gasteiger partial charge >= 0.3 is 0 Å². The smallest absolute Gasteiger partial charge is 0.0431 e. The topological polar surface area (TPSA) is 32.3 Å². The van der Waals surface area contributed by atoms with Crippen molar-refractivity contribution in [2.75, 3.05) is 19.7 Å². The van der Waals surface area contributed by atoms with Gasteiger partial charge in [-0.25, -0.2) is 0 Å². The summed E-state index contributed by atoms with van der Waals surface area (Å²) in [4.78, 5) is 0. The van der Waals surface area contributed by atoms with Gasteiger partial charge in [-0.2, -0.15) is 0 Å². The van der Waals surface area contributed by atoms with Crippen LogP contribution >= 0.6 is 0 Å². The fourth-order valence-corrected chi connectivity index (χ4v) is 2.11. The predicted octanol–water partition coefficient (Wildman–Crippen LogP) is 2.32. The van der Waals surface area contributed by atoms with Gasteiger partial charge in [0.05, 0.1) is 0 Å². The van der Waals surface area contributed by atoms with Crippen molar-refractivity contribution >= 4 is 0 Å². The molecule has 1 saturated carbocycles. The molecular formula is C12H25NO. The average Bonchev–Trinajstić information content (AvgIpc) is 2.93. The lowest BCUT2D eigenvalue weighted by molar-refractivity contribution is 0.282. The average molecular weight is 199 g/mol. The molecule has 1 aliphatic rings. The minimum Gasteiger partial charge on any atom is -0.396 e. The highest BCUT2D eigenvalue weighted by molar-refractivity contribution is 4.94. The molecule has 1 aliphatic carbocycles. The SMILES string of the molecule is CCCC1(CNCCCCCO)CC1. The van der Waals surface area contributed by atoms with Gasteiger partial charge in [-0.3, -0.25) is 0 Å². The zero-order valence-corrected chi connectivity index (χ0v) is 9.52. The Kier molecular flexibility index (Phi) is 5.49. The number of aliphatic hydroxyl groups is 1. The molecule has 2 N–H and O–H groups in total. The highest BCUT2D eigenvalue weighted by atomic mass is 16.2. The van der Waals surface area contributed by atoms with Gasteiger partial charge in [0.2, 0.25) is 0 Å². The van der Waals surface area contributed by atoms with E-state index in [0.29, 0.717) is 12.0 Å². The van der Waals surface area contributed by atoms with E-state index in [4.69, 9.17) is 5.11 Å². The van der Waals surface area contributed by atoms with Gasteiger partial charge in [-0.15, -0.1) is 0 Å². The number of nitrogens with one attached hydrogen (secondary N) is 1. The Labute approximate surface area is 88.1 Å². The van der Waals surface area contributed by atoms with E-state index in [1.807, 2.05) is 0 Å². The molecule has 2 nitrogen and oxygen atoms in total. The molecule has 84 valence electrons. The molecule has 0 aliphatic heterocycles. The lowest BCUT2D eigenvalue weighted by Crippen LogP contribution is -2.24. The van der Waals surface area contributed by atoms with Crippen molar-refractivity contribution in [3.05, 3.63) is 0 Å². The Morgan fingerprint density at radius 2 is 2.00 bits per heavy atom. The summed E-state index contributed by atoms with van der Waals surface area (Å²) in [6, 6.07) is 0. The largest absolute Gasteiger partial charge is 0.396 e. The number of rotatable bonds is 9. The summed E-state index contributed by atoms with van der Waals surface area (Å²) in [5.41, 5.74) is 0.686. The van der Waals surface area contributed by atoms with Gasteiger partial charge in [0, 0.05) is 13.2 Å². The molecule has 0 amide bonds. The number of aliphatic hydroxyl groups excluding tert-OH is 1. The summed E-state index contributed by atoms with van der Waals surface area (Å²) in [5, 5.41) is 12.2. The third-order valence-electron chi connectivity index (χ3n) is 3.25. The van der Waals surface area contributed by atoms with E-state index in [0.717, 1.165) is 19.4 Å². The first-order valence-electron chi connectivity index (χ1n) is 6.14. The van der Waals surface area contributed by atoms with E-state index < -0.39 is 0 Å². The highest BCUT2D eigenvalue weighted by Crippen LogP contribution is 2.48. The third kappa shape index (κ3) is 4.43. The fourth-order valence-electron chi connectivity index (χ4n) is 2.11. The summed E-state index contributed by atoms with van der Waals surface area (Å²) in [6.07, 6.45) is 8.92. The molecule has 0 saturated heterocycles. The molecule has 0 atom stereocenters. The van der Waals surface area contributed by atoms with Crippen molar-refractivity contribution in [3.63, 3.8) is 0 Å². The minimum absolute atomic E-state index is 0.347. The fraction of sp³-hybridized carbons (Fsp3) is 1.00. The first-order chi connectivity index (χ1) is 6.83. The van der Waals surface area contributed by atoms with Crippen LogP contribution in [0.2, 0.25) is 0 Å². The maximum absolute atomic E-state index is 8.61. The molecule has 1 rings (SSSR count). The van der Waals surface area contributed by atoms with Gasteiger partial charge in [0.15, 0.2) is 0 Å². The van der Waals surface area contributed by atoms with Crippen LogP contribution in [0.4, 0.5) is 0 Å². The molecular weight excluding hydrogens is 174 g/mol. The Morgan fingerprint density at radius 3 is 2.57 bits per heavy atom. The van der Waals surface area contributed by atoms with Gasteiger partial charge in [0.1, 0.15) is 0 Å². The minimum atomic E-state index is 0.347.